The summed E-state index contributed by atoms with van der Waals surface area (Å²) >= 11 is 0. The molecule has 0 atom stereocenters. The molecule has 0 spiro atoms. The third-order valence-corrected chi connectivity index (χ3v) is 7.03. The molecule has 0 bridgehead atoms. The van der Waals surface area contributed by atoms with E-state index in [9.17, 15) is 0 Å². The topological polar surface area (TPSA) is 77.3 Å². The van der Waals surface area contributed by atoms with Crippen molar-refractivity contribution in [1.82, 2.24) is 29.9 Å². The summed E-state index contributed by atoms with van der Waals surface area (Å²) in [6.45, 7) is 0. The van der Waals surface area contributed by atoms with Crippen LogP contribution in [0.5, 0.6) is 0 Å². The van der Waals surface area contributed by atoms with Gasteiger partial charge in [0.05, 0.1) is 33.1 Å². The molecule has 0 aliphatic heterocycles. The third kappa shape index (κ3) is 5.75. The zero-order chi connectivity index (χ0) is 28.1. The van der Waals surface area contributed by atoms with Crippen molar-refractivity contribution in [2.45, 2.75) is 0 Å². The first-order valence-electron chi connectivity index (χ1n) is 13.6. The SMILES string of the molecule is [V+2].c1cnc2c(c1)ccc1cccnc12.c1cnc2c(c1)ccc1cccnc12.c1cnc2c(c1)ccc1cccnc12. The van der Waals surface area contributed by atoms with Gasteiger partial charge in [0.25, 0.3) is 0 Å². The fourth-order valence-corrected chi connectivity index (χ4v) is 5.04. The maximum absolute atomic E-state index is 4.35. The van der Waals surface area contributed by atoms with E-state index < -0.39 is 0 Å². The van der Waals surface area contributed by atoms with E-state index in [0.717, 1.165) is 65.4 Å². The van der Waals surface area contributed by atoms with E-state index in [1.807, 2.05) is 36.4 Å². The van der Waals surface area contributed by atoms with E-state index in [0.29, 0.717) is 0 Å². The predicted octanol–water partition coefficient (Wildman–Crippen LogP) is 8.35. The van der Waals surface area contributed by atoms with Crippen molar-refractivity contribution in [2.75, 3.05) is 0 Å². The second-order valence-corrected chi connectivity index (χ2v) is 9.65. The Morgan fingerprint density at radius 2 is 0.395 bits per heavy atom. The quantitative estimate of drug-likeness (QED) is 0.165. The first kappa shape index (κ1) is 27.9. The van der Waals surface area contributed by atoms with Gasteiger partial charge in [-0.15, -0.1) is 0 Å². The Kier molecular flexibility index (Phi) is 8.23. The van der Waals surface area contributed by atoms with Gasteiger partial charge in [0.1, 0.15) is 0 Å². The Bertz CT molecular complexity index is 1910. The van der Waals surface area contributed by atoms with Gasteiger partial charge < -0.3 is 0 Å². The van der Waals surface area contributed by atoms with E-state index in [-0.39, 0.29) is 18.6 Å². The average molecular weight is 592 g/mol. The van der Waals surface area contributed by atoms with Gasteiger partial charge in [-0.25, -0.2) is 0 Å². The van der Waals surface area contributed by atoms with Crippen LogP contribution in [0.25, 0.3) is 65.4 Å². The second kappa shape index (κ2) is 12.7. The smallest absolute Gasteiger partial charge is 0.254 e. The summed E-state index contributed by atoms with van der Waals surface area (Å²) < 4.78 is 0. The Labute approximate surface area is 259 Å². The number of aromatic nitrogens is 6. The van der Waals surface area contributed by atoms with Crippen molar-refractivity contribution in [3.05, 3.63) is 146 Å². The van der Waals surface area contributed by atoms with Crippen LogP contribution >= 0.6 is 0 Å². The maximum atomic E-state index is 4.35. The van der Waals surface area contributed by atoms with Gasteiger partial charge in [0.2, 0.25) is 0 Å². The minimum atomic E-state index is 0. The van der Waals surface area contributed by atoms with Gasteiger partial charge in [-0.1, -0.05) is 72.8 Å². The number of nitrogens with zero attached hydrogens (tertiary/aromatic N) is 6. The van der Waals surface area contributed by atoms with Gasteiger partial charge in [0.15, 0.2) is 0 Å². The molecule has 6 aromatic heterocycles. The van der Waals surface area contributed by atoms with Crippen LogP contribution in [0.2, 0.25) is 0 Å². The molecule has 0 saturated carbocycles. The molecule has 9 rings (SSSR count). The first-order chi connectivity index (χ1) is 20.8. The summed E-state index contributed by atoms with van der Waals surface area (Å²) in [5.74, 6) is 0. The Hall–Kier alpha value is -5.30. The molecule has 0 saturated heterocycles. The van der Waals surface area contributed by atoms with Crippen molar-refractivity contribution in [1.29, 1.82) is 0 Å². The Balaban J connectivity index is 0.000000113. The van der Waals surface area contributed by atoms with Gasteiger partial charge in [-0.05, 0) is 36.4 Å². The van der Waals surface area contributed by atoms with Crippen LogP contribution in [0, 0.1) is 0 Å². The summed E-state index contributed by atoms with van der Waals surface area (Å²) in [5.41, 5.74) is 5.86. The third-order valence-electron chi connectivity index (χ3n) is 7.03. The fourth-order valence-electron chi connectivity index (χ4n) is 5.04. The maximum Gasteiger partial charge on any atom is 2.00 e. The molecule has 201 valence electrons. The average Bonchev–Trinajstić information content (AvgIpc) is 3.09. The molecular formula is C36H24N6V+2. The van der Waals surface area contributed by atoms with Crippen LogP contribution < -0.4 is 0 Å². The van der Waals surface area contributed by atoms with Crippen LogP contribution in [0.1, 0.15) is 0 Å². The number of hydrogen-bond acceptors (Lipinski definition) is 6. The Morgan fingerprint density at radius 3 is 0.558 bits per heavy atom. The van der Waals surface area contributed by atoms with E-state index in [4.69, 9.17) is 0 Å². The molecule has 9 aromatic rings. The summed E-state index contributed by atoms with van der Waals surface area (Å²) in [4.78, 5) is 26.1. The number of hydrogen-bond donors (Lipinski definition) is 0. The van der Waals surface area contributed by atoms with Crippen molar-refractivity contribution in [2.24, 2.45) is 0 Å². The molecule has 1 radical (unpaired) electrons. The zero-order valence-electron chi connectivity index (χ0n) is 23.0. The second-order valence-electron chi connectivity index (χ2n) is 9.65. The molecule has 0 fully saturated rings. The van der Waals surface area contributed by atoms with Gasteiger partial charge in [0, 0.05) is 69.5 Å². The van der Waals surface area contributed by atoms with E-state index in [1.165, 1.54) is 0 Å². The van der Waals surface area contributed by atoms with E-state index in [2.05, 4.69) is 103 Å². The molecule has 0 aliphatic rings. The number of fused-ring (bicyclic) bond motifs is 9. The summed E-state index contributed by atoms with van der Waals surface area (Å²) in [5, 5.41) is 6.83. The van der Waals surface area contributed by atoms with Crippen LogP contribution in [0.3, 0.4) is 0 Å². The normalized spacial score (nSPS) is 10.6. The van der Waals surface area contributed by atoms with Crippen molar-refractivity contribution < 1.29 is 18.6 Å². The molecule has 3 aromatic carbocycles. The molecule has 6 heterocycles. The molecule has 43 heavy (non-hydrogen) atoms. The summed E-state index contributed by atoms with van der Waals surface area (Å²) in [6.07, 6.45) is 10.8. The fraction of sp³-hybridized carbons (Fsp3) is 0. The molecule has 0 N–H and O–H groups in total. The molecule has 0 aliphatic carbocycles. The van der Waals surface area contributed by atoms with Gasteiger partial charge >= 0.3 is 18.6 Å². The van der Waals surface area contributed by atoms with E-state index >= 15 is 0 Å². The summed E-state index contributed by atoms with van der Waals surface area (Å²) in [6, 6.07) is 36.4. The van der Waals surface area contributed by atoms with E-state index in [1.54, 1.807) is 37.2 Å². The monoisotopic (exact) mass is 591 g/mol. The van der Waals surface area contributed by atoms with Gasteiger partial charge in [-0.3, -0.25) is 29.9 Å². The zero-order valence-corrected chi connectivity index (χ0v) is 24.4. The standard InChI is InChI=1S/3C12H8N2.V/c3*1-3-9-5-6-10-4-2-8-14-12(10)11(9)13-7-1;/h3*1-8H;/q;;;+2. The largest absolute Gasteiger partial charge is 2.00 e. The number of benzene rings is 3. The van der Waals surface area contributed by atoms with Crippen LogP contribution in [-0.4, -0.2) is 29.9 Å². The molecule has 6 nitrogen and oxygen atoms in total. The number of rotatable bonds is 0. The molecular weight excluding hydrogens is 567 g/mol. The predicted molar refractivity (Wildman–Crippen MR) is 171 cm³/mol. The van der Waals surface area contributed by atoms with Gasteiger partial charge in [-0.2, -0.15) is 0 Å². The molecule has 7 heteroatoms. The first-order valence-corrected chi connectivity index (χ1v) is 13.6. The van der Waals surface area contributed by atoms with Crippen molar-refractivity contribution >= 4 is 65.4 Å². The summed E-state index contributed by atoms with van der Waals surface area (Å²) in [7, 11) is 0. The Morgan fingerprint density at radius 1 is 0.233 bits per heavy atom. The molecule has 0 unspecified atom stereocenters. The van der Waals surface area contributed by atoms with Crippen molar-refractivity contribution in [3.63, 3.8) is 0 Å². The van der Waals surface area contributed by atoms with Crippen LogP contribution in [0.15, 0.2) is 146 Å². The molecule has 0 amide bonds. The number of pyridine rings is 6. The van der Waals surface area contributed by atoms with Crippen LogP contribution in [0.4, 0.5) is 0 Å². The minimum Gasteiger partial charge on any atom is -0.254 e. The van der Waals surface area contributed by atoms with Crippen molar-refractivity contribution in [3.8, 4) is 0 Å². The van der Waals surface area contributed by atoms with Crippen LogP contribution in [-0.2, 0) is 18.6 Å². The minimum absolute atomic E-state index is 0.